The first-order chi connectivity index (χ1) is 12.4. The molecule has 1 atom stereocenters. The van der Waals surface area contributed by atoms with Crippen molar-refractivity contribution >= 4 is 21.6 Å². The van der Waals surface area contributed by atoms with Gasteiger partial charge in [0.05, 0.1) is 12.3 Å². The van der Waals surface area contributed by atoms with Crippen LogP contribution in [0.1, 0.15) is 49.7 Å². The molecule has 3 aliphatic rings. The Bertz CT molecular complexity index is 713. The molecule has 0 saturated heterocycles. The number of aryl methyl sites for hydroxylation is 1. The number of alkyl halides is 3. The van der Waals surface area contributed by atoms with Crippen molar-refractivity contribution < 1.29 is 17.9 Å². The van der Waals surface area contributed by atoms with Crippen molar-refractivity contribution in [2.75, 3.05) is 6.61 Å². The second-order valence-electron chi connectivity index (χ2n) is 7.24. The Labute approximate surface area is 159 Å². The van der Waals surface area contributed by atoms with Crippen LogP contribution >= 0.6 is 15.9 Å². The summed E-state index contributed by atoms with van der Waals surface area (Å²) < 4.78 is 46.4. The van der Waals surface area contributed by atoms with E-state index >= 15 is 0 Å². The Morgan fingerprint density at radius 1 is 1.12 bits per heavy atom. The molecule has 1 N–H and O–H groups in total. The van der Waals surface area contributed by atoms with Gasteiger partial charge in [-0.25, -0.2) is 5.43 Å². The highest BCUT2D eigenvalue weighted by atomic mass is 79.9. The minimum atomic E-state index is -4.34. The third-order valence-corrected chi connectivity index (χ3v) is 6.27. The smallest absolute Gasteiger partial charge is 0.410 e. The zero-order valence-corrected chi connectivity index (χ0v) is 16.0. The minimum absolute atomic E-state index is 0.0888. The van der Waals surface area contributed by atoms with Gasteiger partial charge < -0.3 is 9.75 Å². The molecule has 0 amide bonds. The summed E-state index contributed by atoms with van der Waals surface area (Å²) in [6.07, 6.45) is 2.59. The summed E-state index contributed by atoms with van der Waals surface area (Å²) in [5.41, 5.74) is 5.23. The maximum atomic E-state index is 13.5. The lowest BCUT2D eigenvalue weighted by Gasteiger charge is -2.35. The summed E-state index contributed by atoms with van der Waals surface area (Å²) in [5, 5.41) is 1.77. The van der Waals surface area contributed by atoms with Crippen molar-refractivity contribution in [3.05, 3.63) is 33.8 Å². The van der Waals surface area contributed by atoms with Crippen molar-refractivity contribution in [1.29, 1.82) is 0 Å². The van der Waals surface area contributed by atoms with Crippen LogP contribution in [0.25, 0.3) is 5.70 Å². The molecule has 1 aromatic rings. The normalized spacial score (nSPS) is 24.6. The van der Waals surface area contributed by atoms with Gasteiger partial charge in [0.1, 0.15) is 5.75 Å². The van der Waals surface area contributed by atoms with Crippen molar-refractivity contribution in [2.24, 2.45) is 0 Å². The van der Waals surface area contributed by atoms with Crippen molar-refractivity contribution in [3.8, 4) is 5.75 Å². The molecule has 1 fully saturated rings. The van der Waals surface area contributed by atoms with E-state index in [0.29, 0.717) is 12.3 Å². The van der Waals surface area contributed by atoms with E-state index in [1.807, 2.05) is 18.2 Å². The third kappa shape index (κ3) is 3.36. The van der Waals surface area contributed by atoms with Crippen LogP contribution in [0.5, 0.6) is 5.75 Å². The van der Waals surface area contributed by atoms with Gasteiger partial charge in [-0.15, -0.1) is 0 Å². The molecule has 2 heterocycles. The lowest BCUT2D eigenvalue weighted by molar-refractivity contribution is -0.151. The molecule has 4 rings (SSSR count). The van der Waals surface area contributed by atoms with Crippen LogP contribution in [0, 0.1) is 0 Å². The summed E-state index contributed by atoms with van der Waals surface area (Å²) >= 11 is 3.27. The molecule has 1 aliphatic carbocycles. The summed E-state index contributed by atoms with van der Waals surface area (Å²) in [6.45, 7) is 0.699. The maximum Gasteiger partial charge on any atom is 0.410 e. The molecular formula is C19H22BrF3N2O. The number of hydrogen-bond acceptors (Lipinski definition) is 3. The Kier molecular flexibility index (Phi) is 4.94. The van der Waals surface area contributed by atoms with Crippen molar-refractivity contribution in [1.82, 2.24) is 10.4 Å². The van der Waals surface area contributed by atoms with E-state index in [0.717, 1.165) is 61.8 Å². The van der Waals surface area contributed by atoms with E-state index in [1.54, 1.807) is 5.01 Å². The average molecular weight is 431 g/mol. The fourth-order valence-corrected chi connectivity index (χ4v) is 4.92. The predicted octanol–water partition coefficient (Wildman–Crippen LogP) is 5.16. The average Bonchev–Trinajstić information content (AvgIpc) is 2.99. The van der Waals surface area contributed by atoms with Gasteiger partial charge in [-0.3, -0.25) is 0 Å². The number of fused-ring (bicyclic) bond motifs is 1. The van der Waals surface area contributed by atoms with Gasteiger partial charge in [-0.1, -0.05) is 35.2 Å². The van der Waals surface area contributed by atoms with Gasteiger partial charge in [0, 0.05) is 16.1 Å². The molecule has 0 bridgehead atoms. The van der Waals surface area contributed by atoms with Crippen LogP contribution in [0.3, 0.4) is 0 Å². The number of hydrogen-bond donors (Lipinski definition) is 1. The fourth-order valence-electron chi connectivity index (χ4n) is 4.14. The Morgan fingerprint density at radius 3 is 2.62 bits per heavy atom. The first-order valence-electron chi connectivity index (χ1n) is 9.23. The van der Waals surface area contributed by atoms with Crippen LogP contribution in [-0.2, 0) is 6.42 Å². The van der Waals surface area contributed by atoms with E-state index in [-0.39, 0.29) is 10.5 Å². The highest BCUT2D eigenvalue weighted by molar-refractivity contribution is 9.12. The number of nitrogens with zero attached hydrogens (tertiary/aromatic N) is 1. The summed E-state index contributed by atoms with van der Waals surface area (Å²) in [5.74, 6) is 0.847. The Hall–Kier alpha value is -1.21. The number of halogens is 4. The van der Waals surface area contributed by atoms with Crippen molar-refractivity contribution in [3.63, 3.8) is 0 Å². The molecule has 1 unspecified atom stereocenters. The van der Waals surface area contributed by atoms with E-state index in [9.17, 15) is 13.2 Å². The topological polar surface area (TPSA) is 24.5 Å². The molecule has 0 aromatic heterocycles. The molecule has 26 heavy (non-hydrogen) atoms. The number of nitrogens with one attached hydrogen (secondary N) is 1. The second-order valence-corrected chi connectivity index (χ2v) is 8.09. The monoisotopic (exact) mass is 430 g/mol. The van der Waals surface area contributed by atoms with Crippen molar-refractivity contribution in [2.45, 2.75) is 63.2 Å². The zero-order valence-electron chi connectivity index (χ0n) is 14.4. The lowest BCUT2D eigenvalue weighted by Crippen LogP contribution is -2.49. The molecule has 142 valence electrons. The van der Waals surface area contributed by atoms with E-state index in [2.05, 4.69) is 21.4 Å². The van der Waals surface area contributed by atoms with Gasteiger partial charge >= 0.3 is 6.18 Å². The van der Waals surface area contributed by atoms with Crippen LogP contribution in [-0.4, -0.2) is 29.9 Å². The Balaban J connectivity index is 1.74. The van der Waals surface area contributed by atoms with Gasteiger partial charge in [0.15, 0.2) is 6.04 Å². The molecule has 0 radical (unpaired) electrons. The van der Waals surface area contributed by atoms with E-state index in [4.69, 9.17) is 4.74 Å². The van der Waals surface area contributed by atoms with Gasteiger partial charge in [-0.05, 0) is 49.4 Å². The molecule has 2 aliphatic heterocycles. The zero-order chi connectivity index (χ0) is 18.3. The second kappa shape index (κ2) is 7.08. The van der Waals surface area contributed by atoms with Gasteiger partial charge in [-0.2, -0.15) is 13.2 Å². The Morgan fingerprint density at radius 2 is 1.88 bits per heavy atom. The number of ether oxygens (including phenoxy) is 1. The number of benzene rings is 1. The third-order valence-electron chi connectivity index (χ3n) is 5.44. The standard InChI is InChI=1S/C19H22BrF3N2O/c20-16-17(13-8-9-15-12(11-13)5-4-10-26-15)25(14-6-2-1-3-7-14)24-18(16)19(21,22)23/h8-9,11,14,18,24H,1-7,10H2. The molecule has 1 aromatic carbocycles. The molecular weight excluding hydrogens is 409 g/mol. The highest BCUT2D eigenvalue weighted by Gasteiger charge is 2.49. The van der Waals surface area contributed by atoms with Crippen LogP contribution in [0.4, 0.5) is 13.2 Å². The molecule has 7 heteroatoms. The quantitative estimate of drug-likeness (QED) is 0.701. The van der Waals surface area contributed by atoms with Gasteiger partial charge in [0.25, 0.3) is 0 Å². The summed E-state index contributed by atoms with van der Waals surface area (Å²) in [4.78, 5) is 0. The lowest BCUT2D eigenvalue weighted by atomic mass is 9.94. The number of rotatable bonds is 2. The predicted molar refractivity (Wildman–Crippen MR) is 97.8 cm³/mol. The molecule has 0 spiro atoms. The first kappa shape index (κ1) is 18.2. The molecule has 3 nitrogen and oxygen atoms in total. The van der Waals surface area contributed by atoms with Crippen LogP contribution < -0.4 is 10.2 Å². The van der Waals surface area contributed by atoms with Gasteiger partial charge in [0.2, 0.25) is 0 Å². The van der Waals surface area contributed by atoms with E-state index < -0.39 is 12.2 Å². The minimum Gasteiger partial charge on any atom is -0.493 e. The largest absolute Gasteiger partial charge is 0.493 e. The van der Waals surface area contributed by atoms with Crippen LogP contribution in [0.15, 0.2) is 22.7 Å². The van der Waals surface area contributed by atoms with E-state index in [1.165, 1.54) is 0 Å². The first-order valence-corrected chi connectivity index (χ1v) is 10.0. The summed E-state index contributed by atoms with van der Waals surface area (Å²) in [7, 11) is 0. The summed E-state index contributed by atoms with van der Waals surface area (Å²) in [6, 6.07) is 4.15. The highest BCUT2D eigenvalue weighted by Crippen LogP contribution is 2.43. The fraction of sp³-hybridized carbons (Fsp3) is 0.579. The SMILES string of the molecule is FC(F)(F)C1NN(C2CCCCC2)C(c2ccc3c(c2)CCCO3)=C1Br. The van der Waals surface area contributed by atoms with Crippen LogP contribution in [0.2, 0.25) is 0 Å². The number of hydrazine groups is 1. The maximum absolute atomic E-state index is 13.5. The molecule has 1 saturated carbocycles.